The lowest BCUT2D eigenvalue weighted by Crippen LogP contribution is -2.30. The Morgan fingerprint density at radius 2 is 2.30 bits per heavy atom. The fourth-order valence-corrected chi connectivity index (χ4v) is 2.49. The first-order chi connectivity index (χ1) is 9.63. The lowest BCUT2D eigenvalue weighted by atomic mass is 10.0. The standard InChI is InChI=1S/C14H13FN2O3/c1-2-20-14(19)10-7-17-12-8(5-6-16-17)11(15)4-3-9(12)13(10)18/h3-4,7,16H,2,5-6H2,1H3. The summed E-state index contributed by atoms with van der Waals surface area (Å²) >= 11 is 0. The van der Waals surface area contributed by atoms with E-state index in [4.69, 9.17) is 4.74 Å². The Labute approximate surface area is 113 Å². The topological polar surface area (TPSA) is 60.3 Å². The molecule has 1 N–H and O–H groups in total. The van der Waals surface area contributed by atoms with Crippen LogP contribution in [0.4, 0.5) is 4.39 Å². The van der Waals surface area contributed by atoms with Gasteiger partial charge in [0.15, 0.2) is 0 Å². The molecule has 1 aliphatic heterocycles. The highest BCUT2D eigenvalue weighted by atomic mass is 19.1. The average Bonchev–Trinajstić information content (AvgIpc) is 2.45. The number of carbonyl (C=O) groups excluding carboxylic acids is 1. The van der Waals surface area contributed by atoms with E-state index in [1.54, 1.807) is 6.92 Å². The Morgan fingerprint density at radius 3 is 3.05 bits per heavy atom. The van der Waals surface area contributed by atoms with E-state index in [-0.39, 0.29) is 18.0 Å². The number of ether oxygens (including phenoxy) is 1. The molecule has 0 radical (unpaired) electrons. The predicted octanol–water partition coefficient (Wildman–Crippen LogP) is 1.42. The summed E-state index contributed by atoms with van der Waals surface area (Å²) in [7, 11) is 0. The van der Waals surface area contributed by atoms with Crippen LogP contribution >= 0.6 is 0 Å². The fourth-order valence-electron chi connectivity index (χ4n) is 2.49. The van der Waals surface area contributed by atoms with Gasteiger partial charge in [0.25, 0.3) is 0 Å². The third-order valence-corrected chi connectivity index (χ3v) is 3.37. The van der Waals surface area contributed by atoms with Gasteiger partial charge in [0, 0.05) is 23.7 Å². The van der Waals surface area contributed by atoms with Crippen molar-refractivity contribution in [3.05, 3.63) is 45.5 Å². The third-order valence-electron chi connectivity index (χ3n) is 3.37. The molecule has 6 heteroatoms. The molecular formula is C14H13FN2O3. The van der Waals surface area contributed by atoms with Gasteiger partial charge < -0.3 is 10.2 Å². The normalized spacial score (nSPS) is 13.1. The van der Waals surface area contributed by atoms with E-state index in [0.29, 0.717) is 29.4 Å². The van der Waals surface area contributed by atoms with Crippen LogP contribution in [-0.4, -0.2) is 23.8 Å². The first kappa shape index (κ1) is 12.7. The first-order valence-electron chi connectivity index (χ1n) is 6.41. The van der Waals surface area contributed by atoms with Gasteiger partial charge in [-0.1, -0.05) is 0 Å². The van der Waals surface area contributed by atoms with Crippen LogP contribution in [0.3, 0.4) is 0 Å². The Morgan fingerprint density at radius 1 is 1.50 bits per heavy atom. The smallest absolute Gasteiger partial charge is 0.343 e. The maximum atomic E-state index is 13.8. The summed E-state index contributed by atoms with van der Waals surface area (Å²) < 4.78 is 20.2. The number of pyridine rings is 1. The number of rotatable bonds is 2. The van der Waals surface area contributed by atoms with Crippen molar-refractivity contribution in [2.45, 2.75) is 13.3 Å². The van der Waals surface area contributed by atoms with Crippen LogP contribution in [0.25, 0.3) is 10.9 Å². The Kier molecular flexibility index (Phi) is 2.93. The number of esters is 1. The van der Waals surface area contributed by atoms with Crippen molar-refractivity contribution in [2.24, 2.45) is 0 Å². The van der Waals surface area contributed by atoms with E-state index in [2.05, 4.69) is 5.43 Å². The number of hydrogen-bond donors (Lipinski definition) is 1. The number of nitrogens with zero attached hydrogens (tertiary/aromatic N) is 1. The molecule has 0 saturated carbocycles. The summed E-state index contributed by atoms with van der Waals surface area (Å²) in [5.41, 5.74) is 3.53. The summed E-state index contributed by atoms with van der Waals surface area (Å²) in [6, 6.07) is 2.67. The summed E-state index contributed by atoms with van der Waals surface area (Å²) in [5.74, 6) is -1.00. The monoisotopic (exact) mass is 276 g/mol. The molecule has 2 heterocycles. The van der Waals surface area contributed by atoms with E-state index in [1.807, 2.05) is 0 Å². The van der Waals surface area contributed by atoms with Crippen LogP contribution in [0.2, 0.25) is 0 Å². The molecule has 3 rings (SSSR count). The minimum Gasteiger partial charge on any atom is -0.462 e. The molecule has 0 atom stereocenters. The second kappa shape index (κ2) is 4.63. The van der Waals surface area contributed by atoms with Gasteiger partial charge in [-0.3, -0.25) is 9.47 Å². The molecule has 0 fully saturated rings. The van der Waals surface area contributed by atoms with Crippen LogP contribution in [0, 0.1) is 5.82 Å². The SMILES string of the molecule is CCOC(=O)c1cn2c3c(c(F)ccc3c1=O)CCN2. The Bertz CT molecular complexity index is 767. The second-order valence-corrected chi connectivity index (χ2v) is 4.54. The number of nitrogens with one attached hydrogen (secondary N) is 1. The molecule has 0 saturated heterocycles. The van der Waals surface area contributed by atoms with Crippen LogP contribution in [0.5, 0.6) is 0 Å². The van der Waals surface area contributed by atoms with Gasteiger partial charge in [-0.2, -0.15) is 0 Å². The van der Waals surface area contributed by atoms with Crippen molar-refractivity contribution in [1.82, 2.24) is 4.68 Å². The second-order valence-electron chi connectivity index (χ2n) is 4.54. The molecular weight excluding hydrogens is 263 g/mol. The van der Waals surface area contributed by atoms with Crippen molar-refractivity contribution in [2.75, 3.05) is 18.6 Å². The van der Waals surface area contributed by atoms with Crippen molar-refractivity contribution in [1.29, 1.82) is 0 Å². The summed E-state index contributed by atoms with van der Waals surface area (Å²) in [6.45, 7) is 2.40. The fraction of sp³-hybridized carbons (Fsp3) is 0.286. The molecule has 104 valence electrons. The highest BCUT2D eigenvalue weighted by molar-refractivity contribution is 5.94. The number of benzene rings is 1. The van der Waals surface area contributed by atoms with Gasteiger partial charge >= 0.3 is 5.97 Å². The molecule has 0 bridgehead atoms. The van der Waals surface area contributed by atoms with Gasteiger partial charge in [0.05, 0.1) is 12.1 Å². The molecule has 0 amide bonds. The number of halogens is 1. The quantitative estimate of drug-likeness (QED) is 0.843. The van der Waals surface area contributed by atoms with Crippen molar-refractivity contribution in [3.8, 4) is 0 Å². The highest BCUT2D eigenvalue weighted by Crippen LogP contribution is 2.22. The molecule has 5 nitrogen and oxygen atoms in total. The van der Waals surface area contributed by atoms with Crippen LogP contribution < -0.4 is 10.9 Å². The zero-order chi connectivity index (χ0) is 14.3. The van der Waals surface area contributed by atoms with E-state index < -0.39 is 11.4 Å². The first-order valence-corrected chi connectivity index (χ1v) is 6.41. The number of hydrogen-bond acceptors (Lipinski definition) is 4. The lowest BCUT2D eigenvalue weighted by molar-refractivity contribution is 0.0524. The largest absolute Gasteiger partial charge is 0.462 e. The van der Waals surface area contributed by atoms with Crippen LogP contribution in [0.1, 0.15) is 22.8 Å². The van der Waals surface area contributed by atoms with E-state index in [1.165, 1.54) is 23.0 Å². The van der Waals surface area contributed by atoms with E-state index in [0.717, 1.165) is 0 Å². The van der Waals surface area contributed by atoms with Crippen LogP contribution in [-0.2, 0) is 11.2 Å². The predicted molar refractivity (Wildman–Crippen MR) is 72.1 cm³/mol. The Balaban J connectivity index is 2.34. The average molecular weight is 276 g/mol. The highest BCUT2D eigenvalue weighted by Gasteiger charge is 2.21. The molecule has 0 unspecified atom stereocenters. The van der Waals surface area contributed by atoms with Crippen molar-refractivity contribution >= 4 is 16.9 Å². The summed E-state index contributed by atoms with van der Waals surface area (Å²) in [6.07, 6.45) is 1.88. The Hall–Kier alpha value is -2.37. The van der Waals surface area contributed by atoms with Gasteiger partial charge in [0.2, 0.25) is 5.43 Å². The van der Waals surface area contributed by atoms with Gasteiger partial charge in [-0.15, -0.1) is 0 Å². The minimum absolute atomic E-state index is 0.0497. The molecule has 1 aromatic heterocycles. The summed E-state index contributed by atoms with van der Waals surface area (Å²) in [4.78, 5) is 24.1. The molecule has 1 aromatic carbocycles. The van der Waals surface area contributed by atoms with Crippen molar-refractivity contribution < 1.29 is 13.9 Å². The number of aromatic nitrogens is 1. The lowest BCUT2D eigenvalue weighted by Gasteiger charge is -2.22. The van der Waals surface area contributed by atoms with E-state index in [9.17, 15) is 14.0 Å². The van der Waals surface area contributed by atoms with Gasteiger partial charge in [-0.25, -0.2) is 9.18 Å². The third kappa shape index (κ3) is 1.76. The van der Waals surface area contributed by atoms with Crippen molar-refractivity contribution in [3.63, 3.8) is 0 Å². The zero-order valence-corrected chi connectivity index (χ0v) is 10.9. The molecule has 0 aliphatic carbocycles. The molecule has 0 spiro atoms. The minimum atomic E-state index is -0.665. The molecule has 1 aliphatic rings. The molecule has 20 heavy (non-hydrogen) atoms. The van der Waals surface area contributed by atoms with Gasteiger partial charge in [0.1, 0.15) is 11.4 Å². The van der Waals surface area contributed by atoms with Gasteiger partial charge in [-0.05, 0) is 25.5 Å². The molecule has 2 aromatic rings. The van der Waals surface area contributed by atoms with Crippen LogP contribution in [0.15, 0.2) is 23.1 Å². The zero-order valence-electron chi connectivity index (χ0n) is 10.9. The maximum absolute atomic E-state index is 13.8. The summed E-state index contributed by atoms with van der Waals surface area (Å²) in [5, 5.41) is 0.319. The maximum Gasteiger partial charge on any atom is 0.343 e. The van der Waals surface area contributed by atoms with E-state index >= 15 is 0 Å². The number of carbonyl (C=O) groups is 1.